The van der Waals surface area contributed by atoms with Gasteiger partial charge in [-0.05, 0) is 37.6 Å². The van der Waals surface area contributed by atoms with Gasteiger partial charge in [0.15, 0.2) is 12.4 Å². The monoisotopic (exact) mass is 388 g/mol. The van der Waals surface area contributed by atoms with E-state index in [1.54, 1.807) is 6.07 Å². The molecule has 2 aromatic carbocycles. The van der Waals surface area contributed by atoms with E-state index in [9.17, 15) is 4.79 Å². The lowest BCUT2D eigenvalue weighted by molar-refractivity contribution is -0.123. The maximum absolute atomic E-state index is 12.3. The first-order valence-electron chi connectivity index (χ1n) is 8.18. The van der Waals surface area contributed by atoms with E-state index < -0.39 is 0 Å². The van der Waals surface area contributed by atoms with E-state index in [4.69, 9.17) is 27.9 Å². The van der Waals surface area contributed by atoms with Crippen molar-refractivity contribution < 1.29 is 9.53 Å². The lowest BCUT2D eigenvalue weighted by Crippen LogP contribution is -2.31. The molecule has 1 N–H and O–H groups in total. The fourth-order valence-electron chi connectivity index (χ4n) is 2.67. The average Bonchev–Trinajstić information content (AvgIpc) is 2.62. The molecule has 0 radical (unpaired) electrons. The summed E-state index contributed by atoms with van der Waals surface area (Å²) >= 11 is 12.5. The topological polar surface area (TPSA) is 51.2 Å². The molecule has 0 aliphatic rings. The van der Waals surface area contributed by atoms with Crippen molar-refractivity contribution >= 4 is 40.0 Å². The lowest BCUT2D eigenvalue weighted by Gasteiger charge is -2.16. The highest BCUT2D eigenvalue weighted by Crippen LogP contribution is 2.37. The molecule has 1 aromatic heterocycles. The third-order valence-corrected chi connectivity index (χ3v) is 4.60. The van der Waals surface area contributed by atoms with E-state index in [1.807, 2.05) is 56.3 Å². The average molecular weight is 389 g/mol. The summed E-state index contributed by atoms with van der Waals surface area (Å²) < 4.78 is 5.69. The molecule has 3 aromatic rings. The Bertz CT molecular complexity index is 945. The second-order valence-electron chi connectivity index (χ2n) is 6.01. The number of aromatic nitrogens is 1. The smallest absolute Gasteiger partial charge is 0.258 e. The Kier molecular flexibility index (Phi) is 5.64. The van der Waals surface area contributed by atoms with Crippen LogP contribution in [0.4, 0.5) is 0 Å². The molecule has 0 fully saturated rings. The minimum Gasteiger partial charge on any atom is -0.480 e. The molecule has 0 bridgehead atoms. The van der Waals surface area contributed by atoms with Gasteiger partial charge in [0.05, 0.1) is 16.1 Å². The van der Waals surface area contributed by atoms with Crippen LogP contribution < -0.4 is 10.1 Å². The van der Waals surface area contributed by atoms with Crippen LogP contribution in [0.3, 0.4) is 0 Å². The number of nitrogens with one attached hydrogen (secondary N) is 1. The Morgan fingerprint density at radius 3 is 2.62 bits per heavy atom. The zero-order valence-electron chi connectivity index (χ0n) is 14.4. The van der Waals surface area contributed by atoms with E-state index in [-0.39, 0.29) is 18.6 Å². The number of aryl methyl sites for hydroxylation is 1. The standard InChI is InChI=1S/C20H18Cl2N2O2/c1-12-8-9-15-16(21)10-17(22)20(19(15)23-12)26-11-18(25)24-13(2)14-6-4-3-5-7-14/h3-10,13H,11H2,1-2H3,(H,24,25)/t13-/m0/s1. The number of nitrogens with zero attached hydrogens (tertiary/aromatic N) is 1. The van der Waals surface area contributed by atoms with Crippen LogP contribution in [0.15, 0.2) is 48.5 Å². The van der Waals surface area contributed by atoms with Gasteiger partial charge < -0.3 is 10.1 Å². The number of halogens is 2. The highest BCUT2D eigenvalue weighted by molar-refractivity contribution is 6.39. The van der Waals surface area contributed by atoms with Gasteiger partial charge in [0.2, 0.25) is 0 Å². The molecule has 0 unspecified atom stereocenters. The number of carbonyl (C=O) groups excluding carboxylic acids is 1. The summed E-state index contributed by atoms with van der Waals surface area (Å²) in [5.41, 5.74) is 2.38. The second-order valence-corrected chi connectivity index (χ2v) is 6.82. The van der Waals surface area contributed by atoms with Crippen LogP contribution in [0.5, 0.6) is 5.75 Å². The van der Waals surface area contributed by atoms with Crippen LogP contribution in [0, 0.1) is 6.92 Å². The first-order chi connectivity index (χ1) is 12.5. The Hall–Kier alpha value is -2.30. The summed E-state index contributed by atoms with van der Waals surface area (Å²) in [5.74, 6) is 0.116. The van der Waals surface area contributed by atoms with E-state index in [0.717, 1.165) is 16.6 Å². The molecule has 0 spiro atoms. The van der Waals surface area contributed by atoms with Crippen LogP contribution in [0.25, 0.3) is 10.9 Å². The van der Waals surface area contributed by atoms with Gasteiger partial charge in [-0.15, -0.1) is 0 Å². The predicted molar refractivity (Wildman–Crippen MR) is 105 cm³/mol. The molecule has 1 amide bonds. The van der Waals surface area contributed by atoms with Crippen molar-refractivity contribution in [3.8, 4) is 5.75 Å². The van der Waals surface area contributed by atoms with Crippen molar-refractivity contribution in [1.82, 2.24) is 10.3 Å². The number of hydrogen-bond donors (Lipinski definition) is 1. The summed E-state index contributed by atoms with van der Waals surface area (Å²) in [6, 6.07) is 14.9. The zero-order chi connectivity index (χ0) is 18.7. The molecule has 26 heavy (non-hydrogen) atoms. The Labute approximate surface area is 162 Å². The van der Waals surface area contributed by atoms with E-state index in [2.05, 4.69) is 10.3 Å². The Balaban J connectivity index is 1.75. The largest absolute Gasteiger partial charge is 0.480 e. The first kappa shape index (κ1) is 18.5. The van der Waals surface area contributed by atoms with Crippen LogP contribution in [-0.4, -0.2) is 17.5 Å². The molecule has 4 nitrogen and oxygen atoms in total. The van der Waals surface area contributed by atoms with Gasteiger partial charge in [0.1, 0.15) is 5.52 Å². The zero-order valence-corrected chi connectivity index (χ0v) is 15.9. The summed E-state index contributed by atoms with van der Waals surface area (Å²) in [6.07, 6.45) is 0. The van der Waals surface area contributed by atoms with Crippen molar-refractivity contribution in [2.24, 2.45) is 0 Å². The molecule has 0 aliphatic carbocycles. The molecule has 1 heterocycles. The van der Waals surface area contributed by atoms with Crippen LogP contribution in [-0.2, 0) is 4.79 Å². The van der Waals surface area contributed by atoms with Gasteiger partial charge in [-0.1, -0.05) is 53.5 Å². The van der Waals surface area contributed by atoms with Crippen LogP contribution in [0.1, 0.15) is 24.2 Å². The maximum Gasteiger partial charge on any atom is 0.258 e. The number of amides is 1. The SMILES string of the molecule is Cc1ccc2c(Cl)cc(Cl)c(OCC(=O)N[C@@H](C)c3ccccc3)c2n1. The molecule has 134 valence electrons. The molecule has 0 saturated heterocycles. The van der Waals surface area contributed by atoms with Crippen molar-refractivity contribution in [2.45, 2.75) is 19.9 Å². The molecule has 6 heteroatoms. The normalized spacial score (nSPS) is 12.0. The summed E-state index contributed by atoms with van der Waals surface area (Å²) in [6.45, 7) is 3.62. The van der Waals surface area contributed by atoms with Crippen molar-refractivity contribution in [2.75, 3.05) is 6.61 Å². The number of rotatable bonds is 5. The van der Waals surface area contributed by atoms with Crippen molar-refractivity contribution in [1.29, 1.82) is 0 Å². The van der Waals surface area contributed by atoms with Gasteiger partial charge in [-0.25, -0.2) is 4.98 Å². The molecule has 1 atom stereocenters. The number of ether oxygens (including phenoxy) is 1. The second kappa shape index (κ2) is 7.94. The number of benzene rings is 2. The maximum atomic E-state index is 12.3. The number of pyridine rings is 1. The van der Waals surface area contributed by atoms with Gasteiger partial charge >= 0.3 is 0 Å². The minimum absolute atomic E-state index is 0.120. The molecule has 0 aliphatic heterocycles. The van der Waals surface area contributed by atoms with E-state index in [1.165, 1.54) is 0 Å². The summed E-state index contributed by atoms with van der Waals surface area (Å²) in [7, 11) is 0. The summed E-state index contributed by atoms with van der Waals surface area (Å²) in [4.78, 5) is 16.7. The number of hydrogen-bond acceptors (Lipinski definition) is 3. The highest BCUT2D eigenvalue weighted by atomic mass is 35.5. The first-order valence-corrected chi connectivity index (χ1v) is 8.94. The predicted octanol–water partition coefficient (Wildman–Crippen LogP) is 5.11. The molecule has 3 rings (SSSR count). The molecular weight excluding hydrogens is 371 g/mol. The van der Waals surface area contributed by atoms with Crippen molar-refractivity contribution in [3.63, 3.8) is 0 Å². The van der Waals surface area contributed by atoms with Crippen molar-refractivity contribution in [3.05, 3.63) is 69.8 Å². The Morgan fingerprint density at radius 2 is 1.88 bits per heavy atom. The number of fused-ring (bicyclic) bond motifs is 1. The fraction of sp³-hybridized carbons (Fsp3) is 0.200. The van der Waals surface area contributed by atoms with E-state index >= 15 is 0 Å². The molecule has 0 saturated carbocycles. The van der Waals surface area contributed by atoms with Crippen LogP contribution in [0.2, 0.25) is 10.0 Å². The Morgan fingerprint density at radius 1 is 1.15 bits per heavy atom. The third-order valence-electron chi connectivity index (χ3n) is 4.00. The van der Waals surface area contributed by atoms with Gasteiger partial charge in [0.25, 0.3) is 5.91 Å². The third kappa shape index (κ3) is 4.09. The molecular formula is C20H18Cl2N2O2. The van der Waals surface area contributed by atoms with Crippen LogP contribution >= 0.6 is 23.2 Å². The highest BCUT2D eigenvalue weighted by Gasteiger charge is 2.16. The van der Waals surface area contributed by atoms with Gasteiger partial charge in [-0.3, -0.25) is 4.79 Å². The number of carbonyl (C=O) groups is 1. The summed E-state index contributed by atoms with van der Waals surface area (Å²) in [5, 5.41) is 4.45. The van der Waals surface area contributed by atoms with E-state index in [0.29, 0.717) is 21.3 Å². The lowest BCUT2D eigenvalue weighted by atomic mass is 10.1. The fourth-order valence-corrected chi connectivity index (χ4v) is 3.24. The quantitative estimate of drug-likeness (QED) is 0.660. The van der Waals surface area contributed by atoms with Gasteiger partial charge in [-0.2, -0.15) is 0 Å². The minimum atomic E-state index is -0.242. The van der Waals surface area contributed by atoms with Gasteiger partial charge in [0, 0.05) is 11.1 Å².